The summed E-state index contributed by atoms with van der Waals surface area (Å²) in [5, 5.41) is 0. The minimum absolute atomic E-state index is 0.133. The Hall–Kier alpha value is -2.14. The van der Waals surface area contributed by atoms with Crippen LogP contribution in [0, 0.1) is 12.8 Å². The fourth-order valence-electron chi connectivity index (χ4n) is 3.81. The molecule has 1 amide bonds. The summed E-state index contributed by atoms with van der Waals surface area (Å²) in [5.74, 6) is 1.78. The molecule has 1 aliphatic heterocycles. The number of amides is 1. The normalized spacial score (nSPS) is 15.5. The van der Waals surface area contributed by atoms with E-state index in [9.17, 15) is 4.79 Å². The lowest BCUT2D eigenvalue weighted by Gasteiger charge is -2.32. The average Bonchev–Trinajstić information content (AvgIpc) is 2.97. The van der Waals surface area contributed by atoms with Crippen LogP contribution in [0.5, 0.6) is 0 Å². The van der Waals surface area contributed by atoms with Crippen molar-refractivity contribution in [3.63, 3.8) is 0 Å². The lowest BCUT2D eigenvalue weighted by Crippen LogP contribution is -2.39. The zero-order valence-electron chi connectivity index (χ0n) is 14.9. The molecular formula is C21H22BrN3O. The summed E-state index contributed by atoms with van der Waals surface area (Å²) in [5.41, 5.74) is 3.03. The van der Waals surface area contributed by atoms with Crippen molar-refractivity contribution in [2.75, 3.05) is 13.1 Å². The largest absolute Gasteiger partial charge is 0.339 e. The number of fused-ring (bicyclic) bond motifs is 1. The number of para-hydroxylation sites is 2. The van der Waals surface area contributed by atoms with Crippen LogP contribution in [0.2, 0.25) is 0 Å². The first-order chi connectivity index (χ1) is 12.6. The van der Waals surface area contributed by atoms with Gasteiger partial charge in [0.05, 0.1) is 11.0 Å². The number of likely N-dealkylation sites (tertiary alicyclic amines) is 1. The molecule has 134 valence electrons. The van der Waals surface area contributed by atoms with Crippen molar-refractivity contribution < 1.29 is 4.79 Å². The number of aromatic nitrogens is 2. The van der Waals surface area contributed by atoms with Crippen molar-refractivity contribution in [1.29, 1.82) is 0 Å². The quantitative estimate of drug-likeness (QED) is 0.628. The van der Waals surface area contributed by atoms with Gasteiger partial charge in [0.25, 0.3) is 5.91 Å². The van der Waals surface area contributed by atoms with Crippen molar-refractivity contribution >= 4 is 32.9 Å². The van der Waals surface area contributed by atoms with Gasteiger partial charge in [-0.15, -0.1) is 0 Å². The second-order valence-electron chi connectivity index (χ2n) is 7.00. The second-order valence-corrected chi connectivity index (χ2v) is 7.92. The number of hydrogen-bond acceptors (Lipinski definition) is 2. The highest BCUT2D eigenvalue weighted by atomic mass is 79.9. The summed E-state index contributed by atoms with van der Waals surface area (Å²) in [6.45, 7) is 4.70. The fraction of sp³-hybridized carbons (Fsp3) is 0.333. The van der Waals surface area contributed by atoms with Crippen molar-refractivity contribution in [3.05, 3.63) is 64.4 Å². The number of carbonyl (C=O) groups excluding carboxylic acids is 1. The van der Waals surface area contributed by atoms with E-state index in [1.54, 1.807) is 0 Å². The molecule has 0 radical (unpaired) electrons. The average molecular weight is 412 g/mol. The van der Waals surface area contributed by atoms with E-state index in [0.29, 0.717) is 5.92 Å². The molecule has 1 saturated heterocycles. The van der Waals surface area contributed by atoms with Crippen molar-refractivity contribution in [3.8, 4) is 0 Å². The van der Waals surface area contributed by atoms with Crippen LogP contribution < -0.4 is 0 Å². The minimum Gasteiger partial charge on any atom is -0.339 e. The van der Waals surface area contributed by atoms with Crippen LogP contribution in [0.4, 0.5) is 0 Å². The van der Waals surface area contributed by atoms with Crippen LogP contribution in [-0.2, 0) is 6.54 Å². The molecule has 0 bridgehead atoms. The van der Waals surface area contributed by atoms with Crippen molar-refractivity contribution in [1.82, 2.24) is 14.5 Å². The van der Waals surface area contributed by atoms with Crippen molar-refractivity contribution in [2.24, 2.45) is 5.92 Å². The predicted octanol–water partition coefficient (Wildman–Crippen LogP) is 4.66. The number of halogens is 1. The summed E-state index contributed by atoms with van der Waals surface area (Å²) in [7, 11) is 0. The van der Waals surface area contributed by atoms with E-state index in [1.165, 1.54) is 5.52 Å². The van der Waals surface area contributed by atoms with E-state index < -0.39 is 0 Å². The van der Waals surface area contributed by atoms with Crippen LogP contribution in [0.15, 0.2) is 53.0 Å². The Morgan fingerprint density at radius 3 is 2.69 bits per heavy atom. The second kappa shape index (κ2) is 7.23. The molecule has 3 aromatic rings. The number of imidazole rings is 1. The Morgan fingerprint density at radius 2 is 1.92 bits per heavy atom. The molecule has 4 nitrogen and oxygen atoms in total. The first kappa shape index (κ1) is 17.3. The summed E-state index contributed by atoms with van der Waals surface area (Å²) < 4.78 is 3.27. The monoisotopic (exact) mass is 411 g/mol. The third kappa shape index (κ3) is 3.40. The highest BCUT2D eigenvalue weighted by Gasteiger charge is 2.24. The molecule has 0 spiro atoms. The predicted molar refractivity (Wildman–Crippen MR) is 107 cm³/mol. The van der Waals surface area contributed by atoms with E-state index in [4.69, 9.17) is 0 Å². The van der Waals surface area contributed by atoms with E-state index in [0.717, 1.165) is 53.9 Å². The van der Waals surface area contributed by atoms with Gasteiger partial charge in [-0.1, -0.05) is 34.1 Å². The maximum atomic E-state index is 12.7. The molecule has 2 aromatic carbocycles. The van der Waals surface area contributed by atoms with Gasteiger partial charge >= 0.3 is 0 Å². The Kier molecular flexibility index (Phi) is 4.81. The molecule has 0 aliphatic carbocycles. The van der Waals surface area contributed by atoms with Crippen LogP contribution in [0.1, 0.15) is 29.0 Å². The van der Waals surface area contributed by atoms with Gasteiger partial charge < -0.3 is 9.47 Å². The molecule has 0 saturated carbocycles. The first-order valence-electron chi connectivity index (χ1n) is 9.08. The molecule has 5 heteroatoms. The van der Waals surface area contributed by atoms with Gasteiger partial charge in [-0.25, -0.2) is 4.98 Å². The van der Waals surface area contributed by atoms with E-state index >= 15 is 0 Å². The minimum atomic E-state index is 0.133. The van der Waals surface area contributed by atoms with Gasteiger partial charge in [-0.3, -0.25) is 4.79 Å². The Bertz CT molecular complexity index is 941. The molecule has 1 aliphatic rings. The van der Waals surface area contributed by atoms with Gasteiger partial charge in [0.15, 0.2) is 0 Å². The molecule has 1 aromatic heterocycles. The number of piperidine rings is 1. The van der Waals surface area contributed by atoms with Crippen LogP contribution in [0.3, 0.4) is 0 Å². The van der Waals surface area contributed by atoms with Crippen LogP contribution in [0.25, 0.3) is 11.0 Å². The third-order valence-corrected chi connectivity index (χ3v) is 5.75. The maximum Gasteiger partial charge on any atom is 0.253 e. The van der Waals surface area contributed by atoms with Gasteiger partial charge in [0.2, 0.25) is 0 Å². The molecule has 26 heavy (non-hydrogen) atoms. The zero-order valence-corrected chi connectivity index (χ0v) is 16.4. The number of hydrogen-bond donors (Lipinski definition) is 0. The molecule has 0 N–H and O–H groups in total. The standard InChI is InChI=1S/C21H22BrN3O/c1-15-23-19-7-2-3-8-20(19)25(15)14-16-9-11-24(12-10-16)21(26)17-5-4-6-18(22)13-17/h2-8,13,16H,9-12,14H2,1H3. The molecule has 2 heterocycles. The SMILES string of the molecule is Cc1nc2ccccc2n1CC1CCN(C(=O)c2cccc(Br)c2)CC1. The fourth-order valence-corrected chi connectivity index (χ4v) is 4.21. The number of nitrogens with zero attached hydrogens (tertiary/aromatic N) is 3. The topological polar surface area (TPSA) is 38.1 Å². The van der Waals surface area contributed by atoms with E-state index in [2.05, 4.69) is 50.6 Å². The van der Waals surface area contributed by atoms with Gasteiger partial charge in [0.1, 0.15) is 5.82 Å². The van der Waals surface area contributed by atoms with Crippen LogP contribution in [-0.4, -0.2) is 33.4 Å². The summed E-state index contributed by atoms with van der Waals surface area (Å²) in [4.78, 5) is 19.3. The van der Waals surface area contributed by atoms with Gasteiger partial charge in [-0.2, -0.15) is 0 Å². The number of benzene rings is 2. The Labute approximate surface area is 162 Å². The lowest BCUT2D eigenvalue weighted by molar-refractivity contribution is 0.0683. The summed E-state index contributed by atoms with van der Waals surface area (Å²) in [6.07, 6.45) is 2.07. The number of carbonyl (C=O) groups is 1. The van der Waals surface area contributed by atoms with Crippen molar-refractivity contribution in [2.45, 2.75) is 26.3 Å². The summed E-state index contributed by atoms with van der Waals surface area (Å²) >= 11 is 3.44. The van der Waals surface area contributed by atoms with E-state index in [-0.39, 0.29) is 5.91 Å². The van der Waals surface area contributed by atoms with Gasteiger partial charge in [0, 0.05) is 29.7 Å². The van der Waals surface area contributed by atoms with Crippen LogP contribution >= 0.6 is 15.9 Å². The van der Waals surface area contributed by atoms with Gasteiger partial charge in [-0.05, 0) is 56.0 Å². The Morgan fingerprint density at radius 1 is 1.15 bits per heavy atom. The molecule has 0 atom stereocenters. The smallest absolute Gasteiger partial charge is 0.253 e. The Balaban J connectivity index is 1.42. The summed E-state index contributed by atoms with van der Waals surface area (Å²) in [6, 6.07) is 16.0. The molecule has 0 unspecified atom stereocenters. The zero-order chi connectivity index (χ0) is 18.1. The molecule has 4 rings (SSSR count). The number of rotatable bonds is 3. The maximum absolute atomic E-state index is 12.7. The number of aryl methyl sites for hydroxylation is 1. The lowest BCUT2D eigenvalue weighted by atomic mass is 9.96. The highest BCUT2D eigenvalue weighted by molar-refractivity contribution is 9.10. The first-order valence-corrected chi connectivity index (χ1v) is 9.88. The van der Waals surface area contributed by atoms with E-state index in [1.807, 2.05) is 35.2 Å². The third-order valence-electron chi connectivity index (χ3n) is 5.26. The molecule has 1 fully saturated rings. The highest BCUT2D eigenvalue weighted by Crippen LogP contribution is 2.24. The molecular weight excluding hydrogens is 390 g/mol.